The van der Waals surface area contributed by atoms with Crippen molar-refractivity contribution in [1.29, 1.82) is 0 Å². The lowest BCUT2D eigenvalue weighted by Crippen LogP contribution is -2.55. The molecule has 0 aliphatic carbocycles. The van der Waals surface area contributed by atoms with Crippen molar-refractivity contribution in [3.05, 3.63) is 36.4 Å². The highest BCUT2D eigenvalue weighted by molar-refractivity contribution is 6.00. The third-order valence-electron chi connectivity index (χ3n) is 5.30. The van der Waals surface area contributed by atoms with E-state index in [0.717, 1.165) is 18.4 Å². The first-order valence-corrected chi connectivity index (χ1v) is 10.6. The Morgan fingerprint density at radius 1 is 1.23 bits per heavy atom. The van der Waals surface area contributed by atoms with Crippen LogP contribution in [0.4, 0.5) is 4.79 Å². The van der Waals surface area contributed by atoms with E-state index in [-0.39, 0.29) is 23.3 Å². The molecule has 0 radical (unpaired) electrons. The molecule has 1 aliphatic heterocycles. The number of carbonyl (C=O) groups excluding carboxylic acids is 2. The van der Waals surface area contributed by atoms with E-state index >= 15 is 0 Å². The van der Waals surface area contributed by atoms with Crippen molar-refractivity contribution in [2.75, 3.05) is 13.1 Å². The average Bonchev–Trinajstić information content (AvgIpc) is 3.08. The van der Waals surface area contributed by atoms with Crippen molar-refractivity contribution >= 4 is 17.5 Å². The van der Waals surface area contributed by atoms with E-state index in [4.69, 9.17) is 4.74 Å². The van der Waals surface area contributed by atoms with Crippen molar-refractivity contribution in [2.45, 2.75) is 66.0 Å². The summed E-state index contributed by atoms with van der Waals surface area (Å²) in [5, 5.41) is 3.04. The van der Waals surface area contributed by atoms with Crippen LogP contribution in [0.5, 0.6) is 0 Å². The van der Waals surface area contributed by atoms with Crippen molar-refractivity contribution in [1.82, 2.24) is 19.6 Å². The summed E-state index contributed by atoms with van der Waals surface area (Å²) in [4.78, 5) is 31.8. The summed E-state index contributed by atoms with van der Waals surface area (Å²) in [7, 11) is 0. The van der Waals surface area contributed by atoms with Crippen LogP contribution in [-0.2, 0) is 4.74 Å². The smallest absolute Gasteiger partial charge is 0.407 e. The fourth-order valence-electron chi connectivity index (χ4n) is 4.14. The van der Waals surface area contributed by atoms with Gasteiger partial charge in [0.15, 0.2) is 0 Å². The molecule has 2 amide bonds. The highest BCUT2D eigenvalue weighted by atomic mass is 16.6. The molecule has 3 rings (SSSR count). The third kappa shape index (κ3) is 5.52. The normalized spacial score (nSPS) is 20.3. The Labute approximate surface area is 178 Å². The first-order valence-electron chi connectivity index (χ1n) is 10.6. The second-order valence-corrected chi connectivity index (χ2v) is 10.4. The molecular weight excluding hydrogens is 380 g/mol. The molecule has 164 valence electrons. The molecule has 0 bridgehead atoms. The first kappa shape index (κ1) is 22.1. The van der Waals surface area contributed by atoms with Crippen LogP contribution >= 0.6 is 0 Å². The largest absolute Gasteiger partial charge is 0.444 e. The second kappa shape index (κ2) is 8.28. The van der Waals surface area contributed by atoms with Gasteiger partial charge in [0, 0.05) is 19.3 Å². The summed E-state index contributed by atoms with van der Waals surface area (Å²) in [6.45, 7) is 13.3. The molecule has 1 aliphatic rings. The molecular formula is C23H34N4O3. The van der Waals surface area contributed by atoms with E-state index in [1.807, 2.05) is 48.4 Å². The maximum absolute atomic E-state index is 13.3. The standard InChI is InChI=1S/C23H34N4O3/c1-22(2,3)12-16-9-11-26(14-18(16)25-21(29)30-23(4,5)6)20(28)17-8-7-10-27-15-24-13-19(17)27/h7-8,10,13,15-16,18H,9,11-12,14H2,1-6H3,(H,25,29)/t16-,18+/m0/s1. The summed E-state index contributed by atoms with van der Waals surface area (Å²) >= 11 is 0. The molecule has 7 nitrogen and oxygen atoms in total. The molecule has 0 spiro atoms. The van der Waals surface area contributed by atoms with Gasteiger partial charge in [0.05, 0.1) is 29.6 Å². The fraction of sp³-hybridized carbons (Fsp3) is 0.609. The predicted octanol–water partition coefficient (Wildman–Crippen LogP) is 4.13. The van der Waals surface area contributed by atoms with Gasteiger partial charge in [-0.2, -0.15) is 0 Å². The van der Waals surface area contributed by atoms with Gasteiger partial charge in [-0.15, -0.1) is 0 Å². The Morgan fingerprint density at radius 2 is 1.97 bits per heavy atom. The van der Waals surface area contributed by atoms with E-state index in [1.165, 1.54) is 0 Å². The Morgan fingerprint density at radius 3 is 2.63 bits per heavy atom. The van der Waals surface area contributed by atoms with Gasteiger partial charge in [-0.1, -0.05) is 20.8 Å². The number of aromatic nitrogens is 2. The maximum Gasteiger partial charge on any atom is 0.407 e. The van der Waals surface area contributed by atoms with Crippen molar-refractivity contribution in [3.63, 3.8) is 0 Å². The fourth-order valence-corrected chi connectivity index (χ4v) is 4.14. The van der Waals surface area contributed by atoms with Gasteiger partial charge in [0.1, 0.15) is 5.60 Å². The second-order valence-electron chi connectivity index (χ2n) is 10.4. The summed E-state index contributed by atoms with van der Waals surface area (Å²) in [5.74, 6) is 0.249. The average molecular weight is 415 g/mol. The summed E-state index contributed by atoms with van der Waals surface area (Å²) < 4.78 is 7.32. The number of nitrogens with one attached hydrogen (secondary N) is 1. The van der Waals surface area contributed by atoms with E-state index in [0.29, 0.717) is 18.7 Å². The van der Waals surface area contributed by atoms with Gasteiger partial charge in [0.25, 0.3) is 5.91 Å². The molecule has 3 heterocycles. The number of carbonyl (C=O) groups is 2. The number of fused-ring (bicyclic) bond motifs is 1. The van der Waals surface area contributed by atoms with Crippen molar-refractivity contribution in [2.24, 2.45) is 11.3 Å². The minimum absolute atomic E-state index is 0.0358. The maximum atomic E-state index is 13.3. The molecule has 2 atom stereocenters. The third-order valence-corrected chi connectivity index (χ3v) is 5.30. The van der Waals surface area contributed by atoms with Gasteiger partial charge in [0.2, 0.25) is 0 Å². The highest BCUT2D eigenvalue weighted by Crippen LogP contribution is 2.32. The van der Waals surface area contributed by atoms with E-state index in [2.05, 4.69) is 31.1 Å². The Hall–Kier alpha value is -2.57. The Kier molecular flexibility index (Phi) is 6.11. The number of rotatable bonds is 3. The quantitative estimate of drug-likeness (QED) is 0.819. The number of ether oxygens (including phenoxy) is 1. The van der Waals surface area contributed by atoms with E-state index in [1.54, 1.807) is 12.5 Å². The SMILES string of the molecule is CC(C)(C)C[C@@H]1CCN(C(=O)c2cccn3cncc23)C[C@H]1NC(=O)OC(C)(C)C. The number of likely N-dealkylation sites (tertiary alicyclic amines) is 1. The Balaban J connectivity index is 1.79. The lowest BCUT2D eigenvalue weighted by Gasteiger charge is -2.41. The van der Waals surface area contributed by atoms with E-state index in [9.17, 15) is 9.59 Å². The number of imidazole rings is 1. The first-order chi connectivity index (χ1) is 13.9. The van der Waals surface area contributed by atoms with Crippen LogP contribution in [0.15, 0.2) is 30.9 Å². The van der Waals surface area contributed by atoms with Crippen LogP contribution in [0.3, 0.4) is 0 Å². The number of alkyl carbamates (subject to hydrolysis) is 1. The van der Waals surface area contributed by atoms with Gasteiger partial charge >= 0.3 is 6.09 Å². The van der Waals surface area contributed by atoms with Crippen LogP contribution < -0.4 is 5.32 Å². The number of amides is 2. The van der Waals surface area contributed by atoms with Crippen molar-refractivity contribution < 1.29 is 14.3 Å². The lowest BCUT2D eigenvalue weighted by atomic mass is 9.78. The Bertz CT molecular complexity index is 907. The number of nitrogens with zero attached hydrogens (tertiary/aromatic N) is 3. The predicted molar refractivity (Wildman–Crippen MR) is 116 cm³/mol. The molecule has 1 fully saturated rings. The zero-order valence-electron chi connectivity index (χ0n) is 18.9. The van der Waals surface area contributed by atoms with Crippen LogP contribution in [0.25, 0.3) is 5.52 Å². The highest BCUT2D eigenvalue weighted by Gasteiger charge is 2.36. The zero-order valence-corrected chi connectivity index (χ0v) is 18.9. The summed E-state index contributed by atoms with van der Waals surface area (Å²) in [6.07, 6.45) is 6.64. The van der Waals surface area contributed by atoms with Crippen LogP contribution in [0.1, 0.15) is 64.7 Å². The van der Waals surface area contributed by atoms with Gasteiger partial charge in [-0.3, -0.25) is 4.79 Å². The topological polar surface area (TPSA) is 75.9 Å². The van der Waals surface area contributed by atoms with Crippen LogP contribution in [0, 0.1) is 11.3 Å². The van der Waals surface area contributed by atoms with Gasteiger partial charge in [-0.25, -0.2) is 9.78 Å². The molecule has 7 heteroatoms. The van der Waals surface area contributed by atoms with Crippen LogP contribution in [0.2, 0.25) is 0 Å². The summed E-state index contributed by atoms with van der Waals surface area (Å²) in [5.41, 5.74) is 0.982. The molecule has 2 aromatic rings. The van der Waals surface area contributed by atoms with E-state index < -0.39 is 11.7 Å². The summed E-state index contributed by atoms with van der Waals surface area (Å²) in [6, 6.07) is 3.53. The minimum Gasteiger partial charge on any atom is -0.444 e. The molecule has 30 heavy (non-hydrogen) atoms. The molecule has 0 aromatic carbocycles. The molecule has 2 aromatic heterocycles. The number of hydrogen-bond acceptors (Lipinski definition) is 4. The molecule has 0 unspecified atom stereocenters. The zero-order chi connectivity index (χ0) is 22.1. The molecule has 1 N–H and O–H groups in total. The number of piperidine rings is 1. The van der Waals surface area contributed by atoms with Gasteiger partial charge in [-0.05, 0) is 57.1 Å². The minimum atomic E-state index is -0.564. The lowest BCUT2D eigenvalue weighted by molar-refractivity contribution is 0.0371. The monoisotopic (exact) mass is 414 g/mol. The number of pyridine rings is 1. The molecule has 0 saturated carbocycles. The van der Waals surface area contributed by atoms with Gasteiger partial charge < -0.3 is 19.4 Å². The van der Waals surface area contributed by atoms with Crippen LogP contribution in [-0.4, -0.2) is 51.0 Å². The van der Waals surface area contributed by atoms with Crippen molar-refractivity contribution in [3.8, 4) is 0 Å². The number of hydrogen-bond donors (Lipinski definition) is 1. The molecule has 1 saturated heterocycles.